The van der Waals surface area contributed by atoms with Crippen LogP contribution in [0.2, 0.25) is 0 Å². The molecule has 2 bridgehead atoms. The van der Waals surface area contributed by atoms with Crippen molar-refractivity contribution in [3.63, 3.8) is 0 Å². The van der Waals surface area contributed by atoms with Crippen molar-refractivity contribution in [3.05, 3.63) is 53.6 Å². The molecule has 0 saturated carbocycles. The molecule has 0 spiro atoms. The van der Waals surface area contributed by atoms with Crippen LogP contribution in [0.15, 0.2) is 42.5 Å². The zero-order valence-electron chi connectivity index (χ0n) is 13.0. The molecule has 1 saturated heterocycles. The third-order valence-corrected chi connectivity index (χ3v) is 4.81. The molecule has 0 aliphatic carbocycles. The van der Waals surface area contributed by atoms with Gasteiger partial charge in [0.15, 0.2) is 0 Å². The molecule has 2 aliphatic rings. The summed E-state index contributed by atoms with van der Waals surface area (Å²) in [7, 11) is 1.75. The summed E-state index contributed by atoms with van der Waals surface area (Å²) >= 11 is 0. The van der Waals surface area contributed by atoms with Gasteiger partial charge in [-0.1, -0.05) is 30.3 Å². The van der Waals surface area contributed by atoms with Crippen molar-refractivity contribution in [2.45, 2.75) is 25.3 Å². The van der Waals surface area contributed by atoms with Gasteiger partial charge in [-0.25, -0.2) is 0 Å². The van der Waals surface area contributed by atoms with Crippen LogP contribution in [0.3, 0.4) is 0 Å². The van der Waals surface area contributed by atoms with Gasteiger partial charge >= 0.3 is 0 Å². The van der Waals surface area contributed by atoms with Crippen molar-refractivity contribution in [3.8, 4) is 5.75 Å². The fraction of sp³-hybridized carbons (Fsp3) is 0.368. The minimum absolute atomic E-state index is 0.321. The Morgan fingerprint density at radius 2 is 1.86 bits per heavy atom. The average Bonchev–Trinajstić information content (AvgIpc) is 3.08. The Balaban J connectivity index is 1.69. The van der Waals surface area contributed by atoms with Gasteiger partial charge in [0.1, 0.15) is 5.75 Å². The first-order chi connectivity index (χ1) is 10.9. The van der Waals surface area contributed by atoms with E-state index in [2.05, 4.69) is 52.7 Å². The molecule has 2 aliphatic heterocycles. The Morgan fingerprint density at radius 3 is 2.64 bits per heavy atom. The molecule has 0 amide bonds. The lowest BCUT2D eigenvalue weighted by molar-refractivity contribution is 0.406. The molecule has 1 unspecified atom stereocenters. The number of benzene rings is 2. The van der Waals surface area contributed by atoms with E-state index in [4.69, 9.17) is 4.74 Å². The molecule has 2 heterocycles. The van der Waals surface area contributed by atoms with Crippen LogP contribution in [-0.4, -0.2) is 20.2 Å². The van der Waals surface area contributed by atoms with E-state index in [9.17, 15) is 0 Å². The van der Waals surface area contributed by atoms with Crippen LogP contribution in [0, 0.1) is 0 Å². The fourth-order valence-corrected chi connectivity index (χ4v) is 3.77. The van der Waals surface area contributed by atoms with Gasteiger partial charge < -0.3 is 15.0 Å². The lowest BCUT2D eigenvalue weighted by Gasteiger charge is -2.32. The monoisotopic (exact) mass is 294 g/mol. The van der Waals surface area contributed by atoms with Crippen molar-refractivity contribution in [2.24, 2.45) is 0 Å². The van der Waals surface area contributed by atoms with E-state index in [1.54, 1.807) is 7.11 Å². The van der Waals surface area contributed by atoms with E-state index in [0.717, 1.165) is 17.9 Å². The predicted octanol–water partition coefficient (Wildman–Crippen LogP) is 4.00. The smallest absolute Gasteiger partial charge is 0.145 e. The SMILES string of the molecule is COc1c2cccc1NC(c1ccccc1N1CCCC1)C2. The molecular formula is C19H22N2O. The highest BCUT2D eigenvalue weighted by Crippen LogP contribution is 2.41. The Labute approximate surface area is 131 Å². The molecule has 2 aromatic rings. The highest BCUT2D eigenvalue weighted by molar-refractivity contribution is 5.67. The van der Waals surface area contributed by atoms with Crippen molar-refractivity contribution in [1.29, 1.82) is 0 Å². The second kappa shape index (κ2) is 5.56. The fourth-order valence-electron chi connectivity index (χ4n) is 3.77. The van der Waals surface area contributed by atoms with Gasteiger partial charge in [-0.2, -0.15) is 0 Å². The molecular weight excluding hydrogens is 272 g/mol. The van der Waals surface area contributed by atoms with Gasteiger partial charge in [-0.15, -0.1) is 0 Å². The van der Waals surface area contributed by atoms with Crippen molar-refractivity contribution in [2.75, 3.05) is 30.4 Å². The second-order valence-corrected chi connectivity index (χ2v) is 6.15. The lowest BCUT2D eigenvalue weighted by Crippen LogP contribution is -2.24. The number of fused-ring (bicyclic) bond motifs is 2. The molecule has 3 nitrogen and oxygen atoms in total. The van der Waals surface area contributed by atoms with E-state index in [0.29, 0.717) is 6.04 Å². The lowest BCUT2D eigenvalue weighted by atomic mass is 9.92. The molecule has 1 fully saturated rings. The van der Waals surface area contributed by atoms with Gasteiger partial charge in [0.05, 0.1) is 18.8 Å². The van der Waals surface area contributed by atoms with Crippen LogP contribution in [0.4, 0.5) is 11.4 Å². The van der Waals surface area contributed by atoms with Gasteiger partial charge in [0.25, 0.3) is 0 Å². The number of rotatable bonds is 3. The molecule has 0 radical (unpaired) electrons. The van der Waals surface area contributed by atoms with Gasteiger partial charge in [-0.05, 0) is 36.1 Å². The Bertz CT molecular complexity index is 653. The van der Waals surface area contributed by atoms with Crippen molar-refractivity contribution >= 4 is 11.4 Å². The summed E-state index contributed by atoms with van der Waals surface area (Å²) in [6, 6.07) is 15.5. The first-order valence-electron chi connectivity index (χ1n) is 8.13. The standard InChI is InChI=1S/C19H22N2O/c1-22-19-14-7-6-9-16(19)20-17(13-14)15-8-2-3-10-18(15)21-11-4-5-12-21/h2-3,6-10,17,20H,4-5,11-13H2,1H3. The maximum atomic E-state index is 5.56. The highest BCUT2D eigenvalue weighted by Gasteiger charge is 2.26. The molecule has 114 valence electrons. The largest absolute Gasteiger partial charge is 0.494 e. The summed E-state index contributed by atoms with van der Waals surface area (Å²) in [5.41, 5.74) is 5.19. The average molecular weight is 294 g/mol. The molecule has 1 atom stereocenters. The summed E-state index contributed by atoms with van der Waals surface area (Å²) in [5, 5.41) is 3.67. The topological polar surface area (TPSA) is 24.5 Å². The van der Waals surface area contributed by atoms with Crippen LogP contribution < -0.4 is 15.0 Å². The number of nitrogens with one attached hydrogen (secondary N) is 1. The summed E-state index contributed by atoms with van der Waals surface area (Å²) in [4.78, 5) is 2.53. The number of nitrogens with zero attached hydrogens (tertiary/aromatic N) is 1. The van der Waals surface area contributed by atoms with Gasteiger partial charge in [0.2, 0.25) is 0 Å². The van der Waals surface area contributed by atoms with E-state index in [1.165, 1.54) is 42.7 Å². The number of anilines is 2. The molecule has 3 heteroatoms. The van der Waals surface area contributed by atoms with Crippen LogP contribution in [-0.2, 0) is 6.42 Å². The molecule has 4 rings (SSSR count). The van der Waals surface area contributed by atoms with E-state index in [-0.39, 0.29) is 0 Å². The minimum Gasteiger partial charge on any atom is -0.494 e. The van der Waals surface area contributed by atoms with Crippen LogP contribution in [0.25, 0.3) is 0 Å². The molecule has 2 aromatic carbocycles. The first-order valence-corrected chi connectivity index (χ1v) is 8.13. The Hall–Kier alpha value is -2.16. The van der Waals surface area contributed by atoms with Crippen LogP contribution in [0.1, 0.15) is 30.0 Å². The summed E-state index contributed by atoms with van der Waals surface area (Å²) in [6.07, 6.45) is 3.58. The van der Waals surface area contributed by atoms with E-state index >= 15 is 0 Å². The van der Waals surface area contributed by atoms with E-state index in [1.807, 2.05) is 0 Å². The second-order valence-electron chi connectivity index (χ2n) is 6.15. The third kappa shape index (κ3) is 2.21. The zero-order valence-corrected chi connectivity index (χ0v) is 13.0. The maximum Gasteiger partial charge on any atom is 0.145 e. The first kappa shape index (κ1) is 13.5. The van der Waals surface area contributed by atoms with Gasteiger partial charge in [-0.3, -0.25) is 0 Å². The number of methoxy groups -OCH3 is 1. The summed E-state index contributed by atoms with van der Waals surface area (Å²) in [5.74, 6) is 0.998. The molecule has 0 aromatic heterocycles. The Kier molecular flexibility index (Phi) is 3.41. The molecule has 1 N–H and O–H groups in total. The summed E-state index contributed by atoms with van der Waals surface area (Å²) in [6.45, 7) is 2.36. The maximum absolute atomic E-state index is 5.56. The number of hydrogen-bond acceptors (Lipinski definition) is 3. The van der Waals surface area contributed by atoms with E-state index < -0.39 is 0 Å². The quantitative estimate of drug-likeness (QED) is 0.926. The zero-order chi connectivity index (χ0) is 14.9. The number of para-hydroxylation sites is 2. The minimum atomic E-state index is 0.321. The predicted molar refractivity (Wildman–Crippen MR) is 91.0 cm³/mol. The summed E-state index contributed by atoms with van der Waals surface area (Å²) < 4.78 is 5.56. The number of ether oxygens (including phenoxy) is 1. The van der Waals surface area contributed by atoms with Crippen LogP contribution >= 0.6 is 0 Å². The van der Waals surface area contributed by atoms with Crippen molar-refractivity contribution < 1.29 is 4.74 Å². The Morgan fingerprint density at radius 1 is 1.05 bits per heavy atom. The molecule has 22 heavy (non-hydrogen) atoms. The van der Waals surface area contributed by atoms with Crippen LogP contribution in [0.5, 0.6) is 5.75 Å². The normalized spacial score (nSPS) is 19.9. The highest BCUT2D eigenvalue weighted by atomic mass is 16.5. The van der Waals surface area contributed by atoms with Gasteiger partial charge in [0, 0.05) is 25.2 Å². The van der Waals surface area contributed by atoms with Crippen molar-refractivity contribution in [1.82, 2.24) is 0 Å². The number of hydrogen-bond donors (Lipinski definition) is 1. The third-order valence-electron chi connectivity index (χ3n) is 4.81.